The zero-order chi connectivity index (χ0) is 22.6. The topological polar surface area (TPSA) is 104 Å². The molecule has 1 saturated heterocycles. The first-order chi connectivity index (χ1) is 14.6. The molecule has 1 atom stereocenters. The van der Waals surface area contributed by atoms with Crippen LogP contribution in [0.5, 0.6) is 0 Å². The summed E-state index contributed by atoms with van der Waals surface area (Å²) in [5.41, 5.74) is 0. The van der Waals surface area contributed by atoms with Crippen LogP contribution in [0.4, 0.5) is 0 Å². The Hall–Kier alpha value is -2.27. The van der Waals surface area contributed by atoms with Gasteiger partial charge in [0.05, 0.1) is 9.79 Å². The van der Waals surface area contributed by atoms with E-state index in [1.165, 1.54) is 28.6 Å². The Morgan fingerprint density at radius 2 is 1.42 bits per heavy atom. The fourth-order valence-electron chi connectivity index (χ4n) is 3.35. The van der Waals surface area contributed by atoms with E-state index in [1.807, 2.05) is 13.8 Å². The molecule has 31 heavy (non-hydrogen) atoms. The van der Waals surface area contributed by atoms with Crippen LogP contribution in [0, 0.1) is 5.92 Å². The van der Waals surface area contributed by atoms with Gasteiger partial charge < -0.3 is 5.32 Å². The summed E-state index contributed by atoms with van der Waals surface area (Å²) in [6, 6.07) is 14.6. The molecule has 0 saturated carbocycles. The van der Waals surface area contributed by atoms with Gasteiger partial charge in [-0.25, -0.2) is 16.8 Å². The van der Waals surface area contributed by atoms with E-state index in [1.54, 1.807) is 36.4 Å². The zero-order valence-electron chi connectivity index (χ0n) is 17.5. The Labute approximate surface area is 184 Å². The average molecular weight is 466 g/mol. The lowest BCUT2D eigenvalue weighted by Crippen LogP contribution is -2.61. The number of rotatable bonds is 7. The highest BCUT2D eigenvalue weighted by molar-refractivity contribution is 7.89. The molecule has 0 aliphatic carbocycles. The van der Waals surface area contributed by atoms with Gasteiger partial charge in [0, 0.05) is 26.2 Å². The van der Waals surface area contributed by atoms with E-state index in [4.69, 9.17) is 0 Å². The molecule has 168 valence electrons. The van der Waals surface area contributed by atoms with Gasteiger partial charge >= 0.3 is 0 Å². The van der Waals surface area contributed by atoms with Gasteiger partial charge in [-0.05, 0) is 30.2 Å². The van der Waals surface area contributed by atoms with Crippen molar-refractivity contribution in [2.24, 2.45) is 5.92 Å². The number of nitrogens with one attached hydrogen (secondary N) is 1. The summed E-state index contributed by atoms with van der Waals surface area (Å²) in [6.45, 7) is 3.78. The molecular formula is C21H27N3O5S2. The van der Waals surface area contributed by atoms with Crippen molar-refractivity contribution in [2.75, 3.05) is 26.2 Å². The van der Waals surface area contributed by atoms with Crippen LogP contribution in [0.25, 0.3) is 0 Å². The van der Waals surface area contributed by atoms with Crippen molar-refractivity contribution in [2.45, 2.75) is 29.7 Å². The molecular weight excluding hydrogens is 438 g/mol. The van der Waals surface area contributed by atoms with Gasteiger partial charge in [-0.15, -0.1) is 0 Å². The molecule has 3 rings (SSSR count). The smallest absolute Gasteiger partial charge is 0.243 e. The number of piperazine rings is 1. The molecule has 8 nitrogen and oxygen atoms in total. The van der Waals surface area contributed by atoms with E-state index in [0.717, 1.165) is 4.31 Å². The van der Waals surface area contributed by atoms with E-state index in [0.29, 0.717) is 6.54 Å². The Morgan fingerprint density at radius 1 is 0.903 bits per heavy atom. The summed E-state index contributed by atoms with van der Waals surface area (Å²) >= 11 is 0. The highest BCUT2D eigenvalue weighted by Crippen LogP contribution is 2.25. The minimum absolute atomic E-state index is 0.0444. The molecule has 2 aromatic rings. The molecule has 0 unspecified atom stereocenters. The van der Waals surface area contributed by atoms with Crippen LogP contribution >= 0.6 is 0 Å². The van der Waals surface area contributed by atoms with E-state index in [2.05, 4.69) is 5.32 Å². The monoisotopic (exact) mass is 465 g/mol. The van der Waals surface area contributed by atoms with Crippen LogP contribution in [-0.4, -0.2) is 63.6 Å². The van der Waals surface area contributed by atoms with E-state index in [-0.39, 0.29) is 35.3 Å². The van der Waals surface area contributed by atoms with Crippen molar-refractivity contribution in [3.8, 4) is 0 Å². The lowest BCUT2D eigenvalue weighted by atomic mass is 10.2. The third-order valence-corrected chi connectivity index (χ3v) is 8.81. The molecule has 0 radical (unpaired) electrons. The molecule has 2 aromatic carbocycles. The average Bonchev–Trinajstić information content (AvgIpc) is 2.78. The van der Waals surface area contributed by atoms with Gasteiger partial charge in [-0.2, -0.15) is 8.61 Å². The van der Waals surface area contributed by atoms with Gasteiger partial charge in [-0.1, -0.05) is 50.2 Å². The summed E-state index contributed by atoms with van der Waals surface area (Å²) in [5.74, 6) is -0.350. The number of carbonyl (C=O) groups is 1. The number of hydrogen-bond acceptors (Lipinski definition) is 5. The van der Waals surface area contributed by atoms with Crippen LogP contribution < -0.4 is 5.32 Å². The third kappa shape index (κ3) is 5.15. The third-order valence-electron chi connectivity index (χ3n) is 5.01. The predicted molar refractivity (Wildman–Crippen MR) is 117 cm³/mol. The molecule has 1 aliphatic heterocycles. The molecule has 0 spiro atoms. The predicted octanol–water partition coefficient (Wildman–Crippen LogP) is 1.52. The second-order valence-corrected chi connectivity index (χ2v) is 11.6. The minimum Gasteiger partial charge on any atom is -0.354 e. The molecule has 0 bridgehead atoms. The van der Waals surface area contributed by atoms with Crippen LogP contribution in [0.2, 0.25) is 0 Å². The minimum atomic E-state index is -3.98. The fraction of sp³-hybridized carbons (Fsp3) is 0.381. The zero-order valence-corrected chi connectivity index (χ0v) is 19.1. The van der Waals surface area contributed by atoms with Crippen molar-refractivity contribution in [1.82, 2.24) is 13.9 Å². The fourth-order valence-corrected chi connectivity index (χ4v) is 6.40. The SMILES string of the molecule is CC(C)CNC(=O)[C@@H]1CN(S(=O)(=O)c2ccccc2)CCN1S(=O)(=O)c1ccccc1. The second-order valence-electron chi connectivity index (χ2n) is 7.76. The maximum Gasteiger partial charge on any atom is 0.243 e. The number of amides is 1. The number of sulfonamides is 2. The Balaban J connectivity index is 1.94. The highest BCUT2D eigenvalue weighted by atomic mass is 32.2. The van der Waals surface area contributed by atoms with E-state index in [9.17, 15) is 21.6 Å². The van der Waals surface area contributed by atoms with Crippen LogP contribution in [-0.2, 0) is 24.8 Å². The highest BCUT2D eigenvalue weighted by Gasteiger charge is 2.43. The summed E-state index contributed by atoms with van der Waals surface area (Å²) in [6.07, 6.45) is 0. The molecule has 1 amide bonds. The first-order valence-electron chi connectivity index (χ1n) is 10.0. The van der Waals surface area contributed by atoms with Crippen molar-refractivity contribution in [3.63, 3.8) is 0 Å². The number of nitrogens with zero attached hydrogens (tertiary/aromatic N) is 2. The molecule has 0 aromatic heterocycles. The molecule has 1 heterocycles. The van der Waals surface area contributed by atoms with E-state index >= 15 is 0 Å². The quantitative estimate of drug-likeness (QED) is 0.668. The van der Waals surface area contributed by atoms with Gasteiger partial charge in [0.2, 0.25) is 26.0 Å². The maximum atomic E-state index is 13.2. The number of benzene rings is 2. The number of hydrogen-bond donors (Lipinski definition) is 1. The molecule has 1 aliphatic rings. The lowest BCUT2D eigenvalue weighted by Gasteiger charge is -2.39. The first-order valence-corrected chi connectivity index (χ1v) is 12.9. The van der Waals surface area contributed by atoms with Gasteiger partial charge in [0.25, 0.3) is 0 Å². The van der Waals surface area contributed by atoms with Gasteiger partial charge in [0.15, 0.2) is 0 Å². The summed E-state index contributed by atoms with van der Waals surface area (Å²) in [5, 5.41) is 2.75. The van der Waals surface area contributed by atoms with E-state index < -0.39 is 32.0 Å². The standard InChI is InChI=1S/C21H27N3O5S2/c1-17(2)15-22-21(25)20-16-23(30(26,27)18-9-5-3-6-10-18)13-14-24(20)31(28,29)19-11-7-4-8-12-19/h3-12,17,20H,13-16H2,1-2H3,(H,22,25)/t20-/m0/s1. The Kier molecular flexibility index (Phi) is 7.15. The normalized spacial score (nSPS) is 18.7. The Bertz CT molecular complexity index is 1100. The van der Waals surface area contributed by atoms with Crippen LogP contribution in [0.15, 0.2) is 70.5 Å². The van der Waals surface area contributed by atoms with Crippen LogP contribution in [0.1, 0.15) is 13.8 Å². The molecule has 1 N–H and O–H groups in total. The number of carbonyl (C=O) groups excluding carboxylic acids is 1. The van der Waals surface area contributed by atoms with Gasteiger partial charge in [-0.3, -0.25) is 4.79 Å². The van der Waals surface area contributed by atoms with Gasteiger partial charge in [0.1, 0.15) is 6.04 Å². The van der Waals surface area contributed by atoms with Crippen LogP contribution in [0.3, 0.4) is 0 Å². The first kappa shape index (κ1) is 23.4. The largest absolute Gasteiger partial charge is 0.354 e. The summed E-state index contributed by atoms with van der Waals surface area (Å²) in [4.78, 5) is 13.1. The molecule has 1 fully saturated rings. The van der Waals surface area contributed by atoms with Crippen molar-refractivity contribution >= 4 is 26.0 Å². The summed E-state index contributed by atoms with van der Waals surface area (Å²) < 4.78 is 54.9. The van der Waals surface area contributed by atoms with Crippen molar-refractivity contribution in [3.05, 3.63) is 60.7 Å². The lowest BCUT2D eigenvalue weighted by molar-refractivity contribution is -0.126. The molecule has 10 heteroatoms. The Morgan fingerprint density at radius 3 is 1.94 bits per heavy atom. The van der Waals surface area contributed by atoms with Crippen molar-refractivity contribution in [1.29, 1.82) is 0 Å². The summed E-state index contributed by atoms with van der Waals surface area (Å²) in [7, 11) is -7.84. The second kappa shape index (κ2) is 9.47. The maximum absolute atomic E-state index is 13.2. The van der Waals surface area contributed by atoms with Crippen molar-refractivity contribution < 1.29 is 21.6 Å².